The SMILES string of the molecule is CN=C(NCCN1CCSCC1)NC1CCN(C(=O)C2CC2)CC1. The zero-order valence-corrected chi connectivity index (χ0v) is 15.6. The Balaban J connectivity index is 1.32. The number of nitrogens with zero attached hydrogens (tertiary/aromatic N) is 3. The molecule has 3 fully saturated rings. The first-order valence-corrected chi connectivity index (χ1v) is 10.5. The second-order valence-corrected chi connectivity index (χ2v) is 8.20. The van der Waals surface area contributed by atoms with E-state index in [4.69, 9.17) is 0 Å². The van der Waals surface area contributed by atoms with Crippen molar-refractivity contribution < 1.29 is 4.79 Å². The van der Waals surface area contributed by atoms with Crippen molar-refractivity contribution in [2.24, 2.45) is 10.9 Å². The van der Waals surface area contributed by atoms with Gasteiger partial charge < -0.3 is 15.5 Å². The number of carbonyl (C=O) groups excluding carboxylic acids is 1. The number of guanidine groups is 1. The van der Waals surface area contributed by atoms with E-state index >= 15 is 0 Å². The first-order valence-electron chi connectivity index (χ1n) is 9.32. The molecule has 3 aliphatic rings. The van der Waals surface area contributed by atoms with Crippen LogP contribution in [0.15, 0.2) is 4.99 Å². The van der Waals surface area contributed by atoms with Crippen molar-refractivity contribution >= 4 is 23.6 Å². The van der Waals surface area contributed by atoms with E-state index < -0.39 is 0 Å². The van der Waals surface area contributed by atoms with Gasteiger partial charge in [0.25, 0.3) is 0 Å². The third kappa shape index (κ3) is 5.28. The fraction of sp³-hybridized carbons (Fsp3) is 0.882. The molecule has 1 aliphatic carbocycles. The Bertz CT molecular complexity index is 440. The predicted molar refractivity (Wildman–Crippen MR) is 101 cm³/mol. The van der Waals surface area contributed by atoms with Crippen LogP contribution in [0.2, 0.25) is 0 Å². The first-order chi connectivity index (χ1) is 11.8. The van der Waals surface area contributed by atoms with Crippen molar-refractivity contribution in [3.8, 4) is 0 Å². The summed E-state index contributed by atoms with van der Waals surface area (Å²) in [4.78, 5) is 21.0. The van der Waals surface area contributed by atoms with E-state index in [1.165, 1.54) is 24.6 Å². The minimum Gasteiger partial charge on any atom is -0.355 e. The number of rotatable bonds is 5. The van der Waals surface area contributed by atoms with Crippen LogP contribution in [0.25, 0.3) is 0 Å². The summed E-state index contributed by atoms with van der Waals surface area (Å²) >= 11 is 2.05. The highest BCUT2D eigenvalue weighted by Crippen LogP contribution is 2.31. The Hall–Kier alpha value is -0.950. The Morgan fingerprint density at radius 1 is 1.12 bits per heavy atom. The molecule has 0 atom stereocenters. The number of aliphatic imine (C=N–C) groups is 1. The molecule has 0 radical (unpaired) electrons. The van der Waals surface area contributed by atoms with Gasteiger partial charge in [0.2, 0.25) is 5.91 Å². The van der Waals surface area contributed by atoms with Crippen LogP contribution in [0.5, 0.6) is 0 Å². The van der Waals surface area contributed by atoms with Gasteiger partial charge in [0.05, 0.1) is 0 Å². The number of likely N-dealkylation sites (tertiary alicyclic amines) is 1. The molecule has 0 aromatic rings. The van der Waals surface area contributed by atoms with Crippen molar-refractivity contribution in [3.05, 3.63) is 0 Å². The van der Waals surface area contributed by atoms with E-state index in [0.717, 1.165) is 57.8 Å². The number of carbonyl (C=O) groups is 1. The van der Waals surface area contributed by atoms with Crippen LogP contribution in [0.4, 0.5) is 0 Å². The van der Waals surface area contributed by atoms with E-state index in [2.05, 4.69) is 25.4 Å². The largest absolute Gasteiger partial charge is 0.355 e. The quantitative estimate of drug-likeness (QED) is 0.560. The first kappa shape index (κ1) is 17.9. The third-order valence-corrected chi connectivity index (χ3v) is 6.06. The van der Waals surface area contributed by atoms with Gasteiger partial charge in [-0.15, -0.1) is 0 Å². The van der Waals surface area contributed by atoms with Gasteiger partial charge in [-0.3, -0.25) is 14.7 Å². The van der Waals surface area contributed by atoms with Gasteiger partial charge in [-0.2, -0.15) is 11.8 Å². The van der Waals surface area contributed by atoms with Crippen LogP contribution in [0.1, 0.15) is 25.7 Å². The summed E-state index contributed by atoms with van der Waals surface area (Å²) in [5.41, 5.74) is 0. The molecule has 0 unspecified atom stereocenters. The van der Waals surface area contributed by atoms with E-state index in [-0.39, 0.29) is 0 Å². The number of hydrogen-bond acceptors (Lipinski definition) is 4. The molecule has 1 saturated carbocycles. The van der Waals surface area contributed by atoms with Crippen molar-refractivity contribution in [2.75, 3.05) is 57.8 Å². The maximum Gasteiger partial charge on any atom is 0.225 e. The van der Waals surface area contributed by atoms with E-state index in [9.17, 15) is 4.79 Å². The summed E-state index contributed by atoms with van der Waals surface area (Å²) in [6.45, 7) is 6.18. The summed E-state index contributed by atoms with van der Waals surface area (Å²) in [6, 6.07) is 0.422. The predicted octanol–water partition coefficient (Wildman–Crippen LogP) is 0.601. The summed E-state index contributed by atoms with van der Waals surface area (Å²) in [5, 5.41) is 6.96. The topological polar surface area (TPSA) is 60.0 Å². The zero-order chi connectivity index (χ0) is 16.8. The minimum atomic E-state index is 0.345. The van der Waals surface area contributed by atoms with E-state index in [1.807, 2.05) is 18.8 Å². The van der Waals surface area contributed by atoms with Gasteiger partial charge in [-0.25, -0.2) is 0 Å². The molecule has 0 aromatic heterocycles. The Morgan fingerprint density at radius 3 is 2.46 bits per heavy atom. The maximum atomic E-state index is 12.1. The van der Waals surface area contributed by atoms with Crippen molar-refractivity contribution in [3.63, 3.8) is 0 Å². The van der Waals surface area contributed by atoms with Gasteiger partial charge in [-0.1, -0.05) is 0 Å². The minimum absolute atomic E-state index is 0.345. The van der Waals surface area contributed by atoms with Gasteiger partial charge >= 0.3 is 0 Å². The molecule has 3 rings (SSSR count). The van der Waals surface area contributed by atoms with Gasteiger partial charge in [0.15, 0.2) is 5.96 Å². The lowest BCUT2D eigenvalue weighted by atomic mass is 10.0. The number of amides is 1. The zero-order valence-electron chi connectivity index (χ0n) is 14.8. The molecule has 0 spiro atoms. The van der Waals surface area contributed by atoms with Crippen LogP contribution in [-0.2, 0) is 4.79 Å². The number of nitrogens with one attached hydrogen (secondary N) is 2. The molecule has 0 aromatic carbocycles. The van der Waals surface area contributed by atoms with Crippen molar-refractivity contribution in [2.45, 2.75) is 31.7 Å². The molecule has 2 N–H and O–H groups in total. The Labute approximate surface area is 149 Å². The van der Waals surface area contributed by atoms with Gasteiger partial charge in [0.1, 0.15) is 0 Å². The lowest BCUT2D eigenvalue weighted by Gasteiger charge is -2.33. The van der Waals surface area contributed by atoms with Gasteiger partial charge in [0, 0.05) is 69.8 Å². The highest BCUT2D eigenvalue weighted by Gasteiger charge is 2.34. The normalized spacial score (nSPS) is 24.0. The fourth-order valence-electron chi connectivity index (χ4n) is 3.38. The smallest absolute Gasteiger partial charge is 0.225 e. The highest BCUT2D eigenvalue weighted by molar-refractivity contribution is 7.99. The van der Waals surface area contributed by atoms with E-state index in [1.54, 1.807) is 0 Å². The second kappa shape index (κ2) is 8.94. The number of thioether (sulfide) groups is 1. The Kier molecular flexibility index (Phi) is 6.66. The van der Waals surface area contributed by atoms with Crippen LogP contribution in [0, 0.1) is 5.92 Å². The third-order valence-electron chi connectivity index (χ3n) is 5.12. The highest BCUT2D eigenvalue weighted by atomic mass is 32.2. The standard InChI is InChI=1S/C17H31N5OS/c1-18-17(19-6-9-21-10-12-24-13-11-21)20-15-4-7-22(8-5-15)16(23)14-2-3-14/h14-15H,2-13H2,1H3,(H2,18,19,20). The fourth-order valence-corrected chi connectivity index (χ4v) is 4.36. The molecule has 1 amide bonds. The molecule has 2 aliphatic heterocycles. The summed E-state index contributed by atoms with van der Waals surface area (Å²) in [7, 11) is 1.83. The molecule has 2 saturated heterocycles. The average Bonchev–Trinajstić information content (AvgIpc) is 3.47. The summed E-state index contributed by atoms with van der Waals surface area (Å²) in [5.74, 6) is 4.14. The number of piperidine rings is 1. The molecular weight excluding hydrogens is 322 g/mol. The van der Waals surface area contributed by atoms with Crippen molar-refractivity contribution in [1.82, 2.24) is 20.4 Å². The molecule has 2 heterocycles. The average molecular weight is 354 g/mol. The maximum absolute atomic E-state index is 12.1. The van der Waals surface area contributed by atoms with Crippen LogP contribution in [-0.4, -0.2) is 85.5 Å². The lowest BCUT2D eigenvalue weighted by Crippen LogP contribution is -2.51. The summed E-state index contributed by atoms with van der Waals surface area (Å²) < 4.78 is 0. The van der Waals surface area contributed by atoms with E-state index in [0.29, 0.717) is 17.9 Å². The number of hydrogen-bond donors (Lipinski definition) is 2. The lowest BCUT2D eigenvalue weighted by molar-refractivity contribution is -0.133. The van der Waals surface area contributed by atoms with Gasteiger partial charge in [-0.05, 0) is 25.7 Å². The molecule has 0 bridgehead atoms. The van der Waals surface area contributed by atoms with Crippen LogP contribution >= 0.6 is 11.8 Å². The van der Waals surface area contributed by atoms with Crippen LogP contribution in [0.3, 0.4) is 0 Å². The summed E-state index contributed by atoms with van der Waals surface area (Å²) in [6.07, 6.45) is 4.23. The molecule has 24 heavy (non-hydrogen) atoms. The molecule has 7 heteroatoms. The molecular formula is C17H31N5OS. The van der Waals surface area contributed by atoms with Crippen molar-refractivity contribution in [1.29, 1.82) is 0 Å². The molecule has 136 valence electrons. The Morgan fingerprint density at radius 2 is 1.83 bits per heavy atom. The monoisotopic (exact) mass is 353 g/mol. The van der Waals surface area contributed by atoms with Crippen LogP contribution < -0.4 is 10.6 Å². The molecule has 6 nitrogen and oxygen atoms in total. The second-order valence-electron chi connectivity index (χ2n) is 6.97.